The van der Waals surface area contributed by atoms with Crippen LogP contribution in [0.1, 0.15) is 58.8 Å². The summed E-state index contributed by atoms with van der Waals surface area (Å²) in [5, 5.41) is 13.2. The molecule has 0 aromatic rings. The van der Waals surface area contributed by atoms with Gasteiger partial charge in [0, 0.05) is 18.6 Å². The molecule has 3 heteroatoms. The molecule has 3 atom stereocenters. The van der Waals surface area contributed by atoms with E-state index in [1.807, 2.05) is 0 Å². The Labute approximate surface area is 125 Å². The van der Waals surface area contributed by atoms with Crippen LogP contribution in [0.25, 0.3) is 0 Å². The van der Waals surface area contributed by atoms with Crippen molar-refractivity contribution in [2.45, 2.75) is 70.9 Å². The average Bonchev–Trinajstić information content (AvgIpc) is 2.63. The zero-order valence-corrected chi connectivity index (χ0v) is 13.7. The lowest BCUT2D eigenvalue weighted by molar-refractivity contribution is 0.0641. The van der Waals surface area contributed by atoms with E-state index in [0.717, 1.165) is 5.92 Å². The molecule has 1 saturated carbocycles. The van der Waals surface area contributed by atoms with Gasteiger partial charge in [0.1, 0.15) is 0 Å². The highest BCUT2D eigenvalue weighted by Crippen LogP contribution is 2.39. The summed E-state index contributed by atoms with van der Waals surface area (Å²) < 4.78 is 0. The lowest BCUT2D eigenvalue weighted by Gasteiger charge is -2.43. The number of likely N-dealkylation sites (tertiary alicyclic amines) is 1. The van der Waals surface area contributed by atoms with E-state index in [1.165, 1.54) is 58.0 Å². The van der Waals surface area contributed by atoms with Gasteiger partial charge in [-0.05, 0) is 57.0 Å². The quantitative estimate of drug-likeness (QED) is 0.832. The molecule has 2 aliphatic rings. The Hall–Kier alpha value is -0.120. The molecule has 2 rings (SSSR count). The number of aliphatic hydroxyl groups is 1. The van der Waals surface area contributed by atoms with Crippen molar-refractivity contribution >= 4 is 0 Å². The number of rotatable bonds is 4. The maximum Gasteiger partial charge on any atom is 0.0586 e. The van der Waals surface area contributed by atoms with Gasteiger partial charge in [0.15, 0.2) is 0 Å². The minimum absolute atomic E-state index is 0.334. The summed E-state index contributed by atoms with van der Waals surface area (Å²) in [6, 6.07) is 1.06. The van der Waals surface area contributed by atoms with Crippen molar-refractivity contribution in [3.63, 3.8) is 0 Å². The van der Waals surface area contributed by atoms with Gasteiger partial charge in [0.2, 0.25) is 0 Å². The van der Waals surface area contributed by atoms with Gasteiger partial charge in [0.05, 0.1) is 6.61 Å². The second kappa shape index (κ2) is 7.24. The zero-order valence-electron chi connectivity index (χ0n) is 13.7. The molecule has 0 aromatic carbocycles. The van der Waals surface area contributed by atoms with Crippen molar-refractivity contribution < 1.29 is 5.11 Å². The SMILES string of the molecule is CNC1CCC(C)(C)CC1CN1CCCCCC1CO. The van der Waals surface area contributed by atoms with E-state index in [1.54, 1.807) is 0 Å². The predicted octanol–water partition coefficient (Wildman–Crippen LogP) is 2.64. The fraction of sp³-hybridized carbons (Fsp3) is 1.00. The first kappa shape index (κ1) is 16.3. The Bertz CT molecular complexity index is 293. The fourth-order valence-electron chi connectivity index (χ4n) is 4.29. The van der Waals surface area contributed by atoms with Crippen LogP contribution in [0.5, 0.6) is 0 Å². The van der Waals surface area contributed by atoms with Gasteiger partial charge in [-0.25, -0.2) is 0 Å². The molecule has 1 saturated heterocycles. The van der Waals surface area contributed by atoms with Gasteiger partial charge in [-0.15, -0.1) is 0 Å². The van der Waals surface area contributed by atoms with Crippen LogP contribution in [0.4, 0.5) is 0 Å². The molecule has 1 aliphatic carbocycles. The van der Waals surface area contributed by atoms with E-state index in [4.69, 9.17) is 0 Å². The number of hydrogen-bond donors (Lipinski definition) is 2. The monoisotopic (exact) mass is 282 g/mol. The summed E-state index contributed by atoms with van der Waals surface area (Å²) in [7, 11) is 2.11. The Morgan fingerprint density at radius 2 is 2.00 bits per heavy atom. The highest BCUT2D eigenvalue weighted by molar-refractivity contribution is 4.91. The first-order valence-electron chi connectivity index (χ1n) is 8.58. The molecule has 118 valence electrons. The van der Waals surface area contributed by atoms with E-state index in [9.17, 15) is 5.11 Å². The van der Waals surface area contributed by atoms with Crippen LogP contribution >= 0.6 is 0 Å². The van der Waals surface area contributed by atoms with Crippen molar-refractivity contribution in [3.05, 3.63) is 0 Å². The number of aliphatic hydroxyl groups excluding tert-OH is 1. The van der Waals surface area contributed by atoms with Gasteiger partial charge in [0.25, 0.3) is 0 Å². The highest BCUT2D eigenvalue weighted by atomic mass is 16.3. The Morgan fingerprint density at radius 3 is 2.70 bits per heavy atom. The molecule has 1 aliphatic heterocycles. The van der Waals surface area contributed by atoms with Gasteiger partial charge in [-0.3, -0.25) is 4.90 Å². The smallest absolute Gasteiger partial charge is 0.0586 e. The zero-order chi connectivity index (χ0) is 14.6. The van der Waals surface area contributed by atoms with Crippen LogP contribution in [0, 0.1) is 11.3 Å². The lowest BCUT2D eigenvalue weighted by Crippen LogP contribution is -2.49. The predicted molar refractivity (Wildman–Crippen MR) is 84.9 cm³/mol. The third kappa shape index (κ3) is 4.19. The summed E-state index contributed by atoms with van der Waals surface area (Å²) in [6.07, 6.45) is 9.04. The number of hydrogen-bond acceptors (Lipinski definition) is 3. The van der Waals surface area contributed by atoms with Crippen LogP contribution in [-0.2, 0) is 0 Å². The largest absolute Gasteiger partial charge is 0.395 e. The summed E-state index contributed by atoms with van der Waals surface area (Å²) in [4.78, 5) is 2.59. The van der Waals surface area contributed by atoms with Gasteiger partial charge >= 0.3 is 0 Å². The van der Waals surface area contributed by atoms with E-state index < -0.39 is 0 Å². The van der Waals surface area contributed by atoms with E-state index in [-0.39, 0.29) is 0 Å². The van der Waals surface area contributed by atoms with Gasteiger partial charge in [-0.1, -0.05) is 26.7 Å². The summed E-state index contributed by atoms with van der Waals surface area (Å²) >= 11 is 0. The van der Waals surface area contributed by atoms with Crippen LogP contribution in [0.2, 0.25) is 0 Å². The van der Waals surface area contributed by atoms with Gasteiger partial charge < -0.3 is 10.4 Å². The molecule has 2 N–H and O–H groups in total. The molecule has 0 radical (unpaired) electrons. The normalized spacial score (nSPS) is 35.7. The topological polar surface area (TPSA) is 35.5 Å². The summed E-state index contributed by atoms with van der Waals surface area (Å²) in [5.74, 6) is 0.732. The molecule has 2 fully saturated rings. The minimum atomic E-state index is 0.334. The molecule has 0 aromatic heterocycles. The molecular formula is C17H34N2O. The Kier molecular flexibility index (Phi) is 5.88. The van der Waals surface area contributed by atoms with Crippen molar-refractivity contribution in [1.29, 1.82) is 0 Å². The van der Waals surface area contributed by atoms with Crippen LogP contribution in [0.3, 0.4) is 0 Å². The average molecular weight is 282 g/mol. The van der Waals surface area contributed by atoms with E-state index in [0.29, 0.717) is 24.1 Å². The first-order chi connectivity index (χ1) is 9.55. The molecule has 0 bridgehead atoms. The number of nitrogens with zero attached hydrogens (tertiary/aromatic N) is 1. The fourth-order valence-corrected chi connectivity index (χ4v) is 4.29. The maximum absolute atomic E-state index is 9.68. The minimum Gasteiger partial charge on any atom is -0.395 e. The standard InChI is InChI=1S/C17H34N2O/c1-17(2)9-8-16(18-3)14(11-17)12-19-10-6-4-5-7-15(19)13-20/h14-16,18,20H,4-13H2,1-3H3. The molecule has 3 nitrogen and oxygen atoms in total. The van der Waals surface area contributed by atoms with Crippen molar-refractivity contribution in [2.75, 3.05) is 26.7 Å². The lowest BCUT2D eigenvalue weighted by atomic mass is 9.69. The maximum atomic E-state index is 9.68. The second-order valence-corrected chi connectivity index (χ2v) is 7.74. The van der Waals surface area contributed by atoms with Crippen LogP contribution < -0.4 is 5.32 Å². The number of nitrogens with one attached hydrogen (secondary N) is 1. The van der Waals surface area contributed by atoms with E-state index in [2.05, 4.69) is 31.1 Å². The van der Waals surface area contributed by atoms with Gasteiger partial charge in [-0.2, -0.15) is 0 Å². The second-order valence-electron chi connectivity index (χ2n) is 7.74. The third-order valence-corrected chi connectivity index (χ3v) is 5.57. The molecule has 20 heavy (non-hydrogen) atoms. The van der Waals surface area contributed by atoms with Crippen molar-refractivity contribution in [2.24, 2.45) is 11.3 Å². The van der Waals surface area contributed by atoms with Crippen molar-refractivity contribution in [1.82, 2.24) is 10.2 Å². The molecule has 3 unspecified atom stereocenters. The molecule has 0 amide bonds. The Morgan fingerprint density at radius 1 is 1.20 bits per heavy atom. The first-order valence-corrected chi connectivity index (χ1v) is 8.58. The van der Waals surface area contributed by atoms with Crippen molar-refractivity contribution in [3.8, 4) is 0 Å². The molecule has 0 spiro atoms. The third-order valence-electron chi connectivity index (χ3n) is 5.57. The van der Waals surface area contributed by atoms with E-state index >= 15 is 0 Å². The summed E-state index contributed by atoms with van der Waals surface area (Å²) in [6.45, 7) is 7.51. The summed E-state index contributed by atoms with van der Waals surface area (Å²) in [5.41, 5.74) is 0.485. The molecular weight excluding hydrogens is 248 g/mol. The van der Waals surface area contributed by atoms with Crippen LogP contribution in [-0.4, -0.2) is 48.8 Å². The molecule has 1 heterocycles. The Balaban J connectivity index is 2.00. The highest BCUT2D eigenvalue weighted by Gasteiger charge is 2.36. The van der Waals surface area contributed by atoms with Crippen LogP contribution in [0.15, 0.2) is 0 Å².